The Hall–Kier alpha value is -1.97. The number of nitrogens with zero attached hydrogens (tertiary/aromatic N) is 1. The Morgan fingerprint density at radius 3 is 2.33 bits per heavy atom. The van der Waals surface area contributed by atoms with Gasteiger partial charge in [0.25, 0.3) is 5.91 Å². The molecule has 0 atom stereocenters. The first kappa shape index (κ1) is 12.5. The fourth-order valence-electron chi connectivity index (χ4n) is 1.54. The molecule has 0 radical (unpaired) electrons. The van der Waals surface area contributed by atoms with E-state index in [9.17, 15) is 9.18 Å². The number of amidine groups is 1. The maximum Gasteiger partial charge on any atom is 0.275 e. The van der Waals surface area contributed by atoms with Crippen LogP contribution in [0.25, 0.3) is 6.08 Å². The lowest BCUT2D eigenvalue weighted by atomic mass is 9.95. The summed E-state index contributed by atoms with van der Waals surface area (Å²) in [6.07, 6.45) is 1.65. The van der Waals surface area contributed by atoms with Crippen molar-refractivity contribution in [3.63, 3.8) is 0 Å². The third kappa shape index (κ3) is 2.64. The van der Waals surface area contributed by atoms with E-state index in [1.807, 2.05) is 20.8 Å². The van der Waals surface area contributed by atoms with Crippen molar-refractivity contribution < 1.29 is 9.18 Å². The Kier molecular flexibility index (Phi) is 3.03. The largest absolute Gasteiger partial charge is 0.308 e. The number of halogens is 1. The van der Waals surface area contributed by atoms with Crippen molar-refractivity contribution in [1.29, 1.82) is 0 Å². The molecule has 0 aliphatic carbocycles. The van der Waals surface area contributed by atoms with Crippen molar-refractivity contribution in [2.45, 2.75) is 20.8 Å². The third-order valence-corrected chi connectivity index (χ3v) is 2.58. The van der Waals surface area contributed by atoms with Gasteiger partial charge in [0, 0.05) is 5.41 Å². The number of rotatable bonds is 1. The van der Waals surface area contributed by atoms with E-state index >= 15 is 0 Å². The lowest BCUT2D eigenvalue weighted by Crippen LogP contribution is -2.34. The summed E-state index contributed by atoms with van der Waals surface area (Å²) in [5.74, 6) is 0.136. The van der Waals surface area contributed by atoms with E-state index in [4.69, 9.17) is 0 Å². The predicted molar refractivity (Wildman–Crippen MR) is 69.4 cm³/mol. The SMILES string of the molecule is CC(C)(C)C1=N/C(=C/c2ccc(F)cc2)C(=O)N1. The highest BCUT2D eigenvalue weighted by atomic mass is 19.1. The molecular formula is C14H15FN2O. The van der Waals surface area contributed by atoms with Crippen LogP contribution in [0.4, 0.5) is 4.39 Å². The van der Waals surface area contributed by atoms with E-state index in [0.717, 1.165) is 5.56 Å². The Labute approximate surface area is 105 Å². The van der Waals surface area contributed by atoms with Crippen molar-refractivity contribution in [3.8, 4) is 0 Å². The molecule has 0 aromatic heterocycles. The molecule has 0 saturated carbocycles. The van der Waals surface area contributed by atoms with Crippen LogP contribution in [0.5, 0.6) is 0 Å². The van der Waals surface area contributed by atoms with Crippen LogP contribution < -0.4 is 5.32 Å². The number of carbonyl (C=O) groups is 1. The van der Waals surface area contributed by atoms with Gasteiger partial charge in [0.15, 0.2) is 0 Å². The first-order valence-corrected chi connectivity index (χ1v) is 5.74. The summed E-state index contributed by atoms with van der Waals surface area (Å²) >= 11 is 0. The Morgan fingerprint density at radius 2 is 1.83 bits per heavy atom. The standard InChI is InChI=1S/C14H15FN2O/c1-14(2,3)13-16-11(12(18)17-13)8-9-4-6-10(15)7-5-9/h4-8H,1-3H3,(H,16,17,18)/b11-8+. The Morgan fingerprint density at radius 1 is 1.22 bits per heavy atom. The Bertz CT molecular complexity index is 536. The minimum atomic E-state index is -0.299. The maximum atomic E-state index is 12.8. The second-order valence-electron chi connectivity index (χ2n) is 5.25. The van der Waals surface area contributed by atoms with Crippen molar-refractivity contribution in [1.82, 2.24) is 5.32 Å². The van der Waals surface area contributed by atoms with Crippen LogP contribution in [-0.4, -0.2) is 11.7 Å². The zero-order chi connectivity index (χ0) is 13.3. The van der Waals surface area contributed by atoms with E-state index in [-0.39, 0.29) is 17.1 Å². The minimum Gasteiger partial charge on any atom is -0.308 e. The number of carbonyl (C=O) groups excluding carboxylic acids is 1. The number of aliphatic imine (C=N–C) groups is 1. The highest BCUT2D eigenvalue weighted by Gasteiger charge is 2.28. The number of hydrogen-bond donors (Lipinski definition) is 1. The fourth-order valence-corrected chi connectivity index (χ4v) is 1.54. The normalized spacial score (nSPS) is 17.9. The molecule has 1 aromatic rings. The van der Waals surface area contributed by atoms with Gasteiger partial charge >= 0.3 is 0 Å². The summed E-state index contributed by atoms with van der Waals surface area (Å²) in [5, 5.41) is 2.74. The molecule has 3 nitrogen and oxygen atoms in total. The highest BCUT2D eigenvalue weighted by Crippen LogP contribution is 2.21. The lowest BCUT2D eigenvalue weighted by Gasteiger charge is -2.16. The molecule has 0 fully saturated rings. The van der Waals surface area contributed by atoms with E-state index < -0.39 is 0 Å². The van der Waals surface area contributed by atoms with E-state index in [2.05, 4.69) is 10.3 Å². The van der Waals surface area contributed by atoms with Gasteiger partial charge in [-0.2, -0.15) is 0 Å². The zero-order valence-corrected chi connectivity index (χ0v) is 10.6. The molecule has 0 saturated heterocycles. The van der Waals surface area contributed by atoms with Crippen LogP contribution in [0.1, 0.15) is 26.3 Å². The summed E-state index contributed by atoms with van der Waals surface area (Å²) in [4.78, 5) is 16.0. The smallest absolute Gasteiger partial charge is 0.275 e. The number of amides is 1. The van der Waals surface area contributed by atoms with Crippen LogP contribution in [0.3, 0.4) is 0 Å². The molecule has 0 bridgehead atoms. The van der Waals surface area contributed by atoms with Crippen molar-refractivity contribution in [3.05, 3.63) is 41.3 Å². The van der Waals surface area contributed by atoms with Gasteiger partial charge in [0.1, 0.15) is 17.3 Å². The van der Waals surface area contributed by atoms with Gasteiger partial charge in [-0.3, -0.25) is 4.79 Å². The Balaban J connectivity index is 2.31. The van der Waals surface area contributed by atoms with Crippen LogP contribution >= 0.6 is 0 Å². The van der Waals surface area contributed by atoms with Crippen molar-refractivity contribution in [2.75, 3.05) is 0 Å². The third-order valence-electron chi connectivity index (χ3n) is 2.58. The van der Waals surface area contributed by atoms with Crippen LogP contribution in [0.15, 0.2) is 35.0 Å². The molecule has 1 aromatic carbocycles. The molecule has 18 heavy (non-hydrogen) atoms. The molecule has 0 spiro atoms. The van der Waals surface area contributed by atoms with Crippen LogP contribution in [0.2, 0.25) is 0 Å². The maximum absolute atomic E-state index is 12.8. The van der Waals surface area contributed by atoms with Gasteiger partial charge in [-0.15, -0.1) is 0 Å². The van der Waals surface area contributed by atoms with Crippen LogP contribution in [-0.2, 0) is 4.79 Å². The van der Waals surface area contributed by atoms with Crippen molar-refractivity contribution in [2.24, 2.45) is 10.4 Å². The molecule has 0 unspecified atom stereocenters. The van der Waals surface area contributed by atoms with Gasteiger partial charge in [-0.1, -0.05) is 32.9 Å². The number of nitrogens with one attached hydrogen (secondary N) is 1. The molecular weight excluding hydrogens is 231 g/mol. The topological polar surface area (TPSA) is 41.5 Å². The molecule has 1 N–H and O–H groups in total. The van der Waals surface area contributed by atoms with E-state index in [0.29, 0.717) is 11.5 Å². The molecule has 1 aliphatic rings. The molecule has 4 heteroatoms. The highest BCUT2D eigenvalue weighted by molar-refractivity contribution is 6.15. The molecule has 1 amide bonds. The van der Waals surface area contributed by atoms with Gasteiger partial charge < -0.3 is 5.32 Å². The lowest BCUT2D eigenvalue weighted by molar-refractivity contribution is -0.115. The summed E-state index contributed by atoms with van der Waals surface area (Å²) in [7, 11) is 0. The fraction of sp³-hybridized carbons (Fsp3) is 0.286. The number of hydrogen-bond acceptors (Lipinski definition) is 2. The quantitative estimate of drug-likeness (QED) is 0.760. The van der Waals surface area contributed by atoms with E-state index in [1.165, 1.54) is 12.1 Å². The minimum absolute atomic E-state index is 0.200. The average Bonchev–Trinajstić information content (AvgIpc) is 2.63. The summed E-state index contributed by atoms with van der Waals surface area (Å²) in [6, 6.07) is 5.93. The summed E-state index contributed by atoms with van der Waals surface area (Å²) in [6.45, 7) is 5.94. The predicted octanol–water partition coefficient (Wildman–Crippen LogP) is 2.74. The summed E-state index contributed by atoms with van der Waals surface area (Å²) < 4.78 is 12.8. The van der Waals surface area contributed by atoms with Gasteiger partial charge in [0.05, 0.1) is 0 Å². The first-order chi connectivity index (χ1) is 8.36. The zero-order valence-electron chi connectivity index (χ0n) is 10.6. The van der Waals surface area contributed by atoms with E-state index in [1.54, 1.807) is 18.2 Å². The number of benzene rings is 1. The van der Waals surface area contributed by atoms with Gasteiger partial charge in [0.2, 0.25) is 0 Å². The molecule has 94 valence electrons. The summed E-state index contributed by atoms with van der Waals surface area (Å²) in [5.41, 5.74) is 0.903. The van der Waals surface area contributed by atoms with Crippen molar-refractivity contribution >= 4 is 17.8 Å². The second-order valence-corrected chi connectivity index (χ2v) is 5.25. The van der Waals surface area contributed by atoms with Gasteiger partial charge in [-0.05, 0) is 23.8 Å². The first-order valence-electron chi connectivity index (χ1n) is 5.74. The molecule has 1 heterocycles. The van der Waals surface area contributed by atoms with Crippen LogP contribution in [0, 0.1) is 11.2 Å². The monoisotopic (exact) mass is 246 g/mol. The van der Waals surface area contributed by atoms with Gasteiger partial charge in [-0.25, -0.2) is 9.38 Å². The second kappa shape index (κ2) is 4.37. The molecule has 1 aliphatic heterocycles. The molecule has 2 rings (SSSR count). The average molecular weight is 246 g/mol.